The van der Waals surface area contributed by atoms with Crippen molar-refractivity contribution in [1.29, 1.82) is 0 Å². The van der Waals surface area contributed by atoms with E-state index >= 15 is 0 Å². The molecule has 1 aromatic carbocycles. The zero-order chi connectivity index (χ0) is 19.3. The molecule has 2 amide bonds. The van der Waals surface area contributed by atoms with Gasteiger partial charge >= 0.3 is 6.03 Å². The predicted octanol–water partition coefficient (Wildman–Crippen LogP) is 3.70. The van der Waals surface area contributed by atoms with Crippen molar-refractivity contribution in [3.63, 3.8) is 0 Å². The molecule has 0 atom stereocenters. The summed E-state index contributed by atoms with van der Waals surface area (Å²) >= 11 is 6.43. The van der Waals surface area contributed by atoms with Crippen LogP contribution >= 0.6 is 11.6 Å². The molecule has 1 aliphatic heterocycles. The number of hydrogen-bond acceptors (Lipinski definition) is 5. The molecule has 0 spiro atoms. The number of halogens is 1. The first-order valence-corrected chi connectivity index (χ1v) is 8.94. The molecule has 140 valence electrons. The summed E-state index contributed by atoms with van der Waals surface area (Å²) in [5, 5.41) is 4.52. The summed E-state index contributed by atoms with van der Waals surface area (Å²) in [4.78, 5) is 24.9. The van der Waals surface area contributed by atoms with Crippen molar-refractivity contribution in [3.8, 4) is 17.3 Å². The molecular formula is C18H19ClN6O2. The molecule has 0 saturated carbocycles. The van der Waals surface area contributed by atoms with Crippen molar-refractivity contribution >= 4 is 23.3 Å². The first kappa shape index (κ1) is 17.5. The molecule has 27 heavy (non-hydrogen) atoms. The number of nitrogens with zero attached hydrogens (tertiary/aromatic N) is 6. The first-order chi connectivity index (χ1) is 12.9. The summed E-state index contributed by atoms with van der Waals surface area (Å²) < 4.78 is 7.33. The van der Waals surface area contributed by atoms with Gasteiger partial charge in [-0.3, -0.25) is 9.47 Å². The van der Waals surface area contributed by atoms with Gasteiger partial charge in [-0.2, -0.15) is 4.98 Å². The lowest BCUT2D eigenvalue weighted by Crippen LogP contribution is -2.41. The molecule has 0 aliphatic carbocycles. The molecule has 0 bridgehead atoms. The monoisotopic (exact) mass is 386 g/mol. The number of carbonyl (C=O) groups is 1. The van der Waals surface area contributed by atoms with Gasteiger partial charge < -0.3 is 9.42 Å². The van der Waals surface area contributed by atoms with Crippen LogP contribution in [0.1, 0.15) is 31.3 Å². The number of anilines is 1. The van der Waals surface area contributed by atoms with Crippen LogP contribution in [0.3, 0.4) is 0 Å². The Bertz CT molecular complexity index is 1020. The van der Waals surface area contributed by atoms with Crippen LogP contribution in [0.5, 0.6) is 0 Å². The van der Waals surface area contributed by atoms with E-state index in [1.807, 2.05) is 30.5 Å². The third-order valence-electron chi connectivity index (χ3n) is 4.44. The summed E-state index contributed by atoms with van der Waals surface area (Å²) in [5.74, 6) is 1.11. The molecular weight excluding hydrogens is 368 g/mol. The lowest BCUT2D eigenvalue weighted by Gasteiger charge is -2.33. The number of urea groups is 1. The number of aromatic nitrogens is 4. The Morgan fingerprint density at radius 2 is 2.11 bits per heavy atom. The summed E-state index contributed by atoms with van der Waals surface area (Å²) in [7, 11) is 3.41. The van der Waals surface area contributed by atoms with Gasteiger partial charge in [0.25, 0.3) is 5.89 Å². The van der Waals surface area contributed by atoms with E-state index in [4.69, 9.17) is 16.1 Å². The zero-order valence-corrected chi connectivity index (χ0v) is 16.2. The standard InChI is InChI=1S/C18H19ClN6O2/c1-10(2)16-21-17(27-22-16)14-13-8-24(18(26)23(3)4)15-11(19)6-5-7-12(15)25(13)9-20-14/h5-7,9-10H,8H2,1-4H3. The molecule has 4 rings (SSSR count). The first-order valence-electron chi connectivity index (χ1n) is 8.56. The van der Waals surface area contributed by atoms with Crippen molar-refractivity contribution in [1.82, 2.24) is 24.6 Å². The number of imidazole rings is 1. The van der Waals surface area contributed by atoms with E-state index in [1.54, 1.807) is 31.4 Å². The predicted molar refractivity (Wildman–Crippen MR) is 101 cm³/mol. The minimum absolute atomic E-state index is 0.146. The highest BCUT2D eigenvalue weighted by atomic mass is 35.5. The average molecular weight is 387 g/mol. The Morgan fingerprint density at radius 1 is 1.33 bits per heavy atom. The maximum atomic E-state index is 12.8. The van der Waals surface area contributed by atoms with Gasteiger partial charge in [-0.15, -0.1) is 0 Å². The Balaban J connectivity index is 1.88. The van der Waals surface area contributed by atoms with Crippen LogP contribution in [-0.2, 0) is 6.54 Å². The fourth-order valence-corrected chi connectivity index (χ4v) is 3.35. The van der Waals surface area contributed by atoms with Crippen LogP contribution < -0.4 is 4.90 Å². The maximum Gasteiger partial charge on any atom is 0.324 e. The van der Waals surface area contributed by atoms with E-state index in [-0.39, 0.29) is 11.9 Å². The Labute approximate surface area is 161 Å². The molecule has 1 aliphatic rings. The second kappa shape index (κ2) is 6.38. The van der Waals surface area contributed by atoms with Crippen molar-refractivity contribution in [3.05, 3.63) is 41.1 Å². The number of amides is 2. The number of fused-ring (bicyclic) bond motifs is 3. The van der Waals surface area contributed by atoms with E-state index in [2.05, 4.69) is 15.1 Å². The summed E-state index contributed by atoms with van der Waals surface area (Å²) in [6, 6.07) is 5.35. The second-order valence-electron chi connectivity index (χ2n) is 6.89. The van der Waals surface area contributed by atoms with E-state index in [0.717, 1.165) is 11.4 Å². The minimum Gasteiger partial charge on any atom is -0.332 e. The Hall–Kier alpha value is -2.87. The number of hydrogen-bond donors (Lipinski definition) is 0. The third kappa shape index (κ3) is 2.76. The van der Waals surface area contributed by atoms with Gasteiger partial charge in [0.2, 0.25) is 0 Å². The summed E-state index contributed by atoms with van der Waals surface area (Å²) in [6.07, 6.45) is 1.69. The number of para-hydroxylation sites is 1. The highest BCUT2D eigenvalue weighted by Crippen LogP contribution is 2.40. The SMILES string of the molecule is CC(C)c1noc(-c2ncn3c2CN(C(=O)N(C)C)c2c(Cl)cccc2-3)n1. The average Bonchev–Trinajstić information content (AvgIpc) is 3.27. The van der Waals surface area contributed by atoms with Crippen LogP contribution in [0.15, 0.2) is 29.0 Å². The molecule has 0 radical (unpaired) electrons. The summed E-state index contributed by atoms with van der Waals surface area (Å²) in [5.41, 5.74) is 2.79. The number of benzene rings is 1. The van der Waals surface area contributed by atoms with Crippen molar-refractivity contribution in [2.24, 2.45) is 0 Å². The van der Waals surface area contributed by atoms with E-state index in [0.29, 0.717) is 34.7 Å². The van der Waals surface area contributed by atoms with Crippen LogP contribution in [0.2, 0.25) is 5.02 Å². The van der Waals surface area contributed by atoms with Crippen LogP contribution in [0.4, 0.5) is 10.5 Å². The van der Waals surface area contributed by atoms with Gasteiger partial charge in [0.1, 0.15) is 6.33 Å². The van der Waals surface area contributed by atoms with Gasteiger partial charge in [-0.25, -0.2) is 9.78 Å². The Morgan fingerprint density at radius 3 is 2.78 bits per heavy atom. The molecule has 8 nitrogen and oxygen atoms in total. The van der Waals surface area contributed by atoms with Crippen LogP contribution in [0.25, 0.3) is 17.3 Å². The molecule has 0 saturated heterocycles. The fraction of sp³-hybridized carbons (Fsp3) is 0.333. The number of carbonyl (C=O) groups excluding carboxylic acids is 1. The largest absolute Gasteiger partial charge is 0.332 e. The Kier molecular flexibility index (Phi) is 4.15. The lowest BCUT2D eigenvalue weighted by atomic mass is 10.1. The third-order valence-corrected chi connectivity index (χ3v) is 4.75. The topological polar surface area (TPSA) is 80.3 Å². The quantitative estimate of drug-likeness (QED) is 0.670. The lowest BCUT2D eigenvalue weighted by molar-refractivity contribution is 0.223. The van der Waals surface area contributed by atoms with Gasteiger partial charge in [-0.05, 0) is 12.1 Å². The van der Waals surface area contributed by atoms with Crippen molar-refractivity contribution < 1.29 is 9.32 Å². The molecule has 9 heteroatoms. The van der Waals surface area contributed by atoms with Crippen molar-refractivity contribution in [2.75, 3.05) is 19.0 Å². The maximum absolute atomic E-state index is 12.8. The van der Waals surface area contributed by atoms with E-state index in [1.165, 1.54) is 4.90 Å². The second-order valence-corrected chi connectivity index (χ2v) is 7.30. The van der Waals surface area contributed by atoms with E-state index in [9.17, 15) is 4.79 Å². The summed E-state index contributed by atoms with van der Waals surface area (Å²) in [6.45, 7) is 4.28. The fourth-order valence-electron chi connectivity index (χ4n) is 3.08. The molecule has 0 N–H and O–H groups in total. The molecule has 2 aromatic heterocycles. The molecule has 0 unspecified atom stereocenters. The molecule has 3 aromatic rings. The van der Waals surface area contributed by atoms with Gasteiger partial charge in [0.05, 0.1) is 28.6 Å². The normalized spacial score (nSPS) is 12.9. The van der Waals surface area contributed by atoms with Gasteiger partial charge in [0, 0.05) is 20.0 Å². The van der Waals surface area contributed by atoms with Crippen LogP contribution in [0, 0.1) is 0 Å². The highest BCUT2D eigenvalue weighted by molar-refractivity contribution is 6.34. The number of rotatable bonds is 2. The van der Waals surface area contributed by atoms with E-state index < -0.39 is 0 Å². The van der Waals surface area contributed by atoms with Crippen LogP contribution in [-0.4, -0.2) is 44.7 Å². The molecule has 0 fully saturated rings. The van der Waals surface area contributed by atoms with Crippen molar-refractivity contribution in [2.45, 2.75) is 26.3 Å². The minimum atomic E-state index is -0.170. The van der Waals surface area contributed by atoms with Gasteiger partial charge in [0.15, 0.2) is 11.5 Å². The molecule has 3 heterocycles. The highest BCUT2D eigenvalue weighted by Gasteiger charge is 2.33. The zero-order valence-electron chi connectivity index (χ0n) is 15.5. The van der Waals surface area contributed by atoms with Gasteiger partial charge in [-0.1, -0.05) is 36.7 Å². The smallest absolute Gasteiger partial charge is 0.324 e.